The number of thiophene rings is 1. The predicted molar refractivity (Wildman–Crippen MR) is 115 cm³/mol. The lowest BCUT2D eigenvalue weighted by Gasteiger charge is -2.20. The highest BCUT2D eigenvalue weighted by molar-refractivity contribution is 7.13. The first-order valence-electron chi connectivity index (χ1n) is 9.48. The van der Waals surface area contributed by atoms with Crippen LogP contribution in [0.3, 0.4) is 0 Å². The van der Waals surface area contributed by atoms with Crippen molar-refractivity contribution in [2.45, 2.75) is 0 Å². The van der Waals surface area contributed by atoms with E-state index >= 15 is 0 Å². The number of para-hydroxylation sites is 2. The average Bonchev–Trinajstić information content (AvgIpc) is 3.44. The molecule has 148 valence electrons. The number of hydrogen-bond donors (Lipinski definition) is 1. The Labute approximate surface area is 176 Å². The maximum Gasteiger partial charge on any atom is 0.298 e. The van der Waals surface area contributed by atoms with Gasteiger partial charge in [0.15, 0.2) is 5.82 Å². The number of aromatic nitrogens is 3. The Hall–Kier alpha value is -3.78. The summed E-state index contributed by atoms with van der Waals surface area (Å²) in [5, 5.41) is 9.34. The summed E-state index contributed by atoms with van der Waals surface area (Å²) in [4.78, 5) is 32.8. The molecule has 0 radical (unpaired) electrons. The van der Waals surface area contributed by atoms with E-state index in [1.165, 1.54) is 11.3 Å². The van der Waals surface area contributed by atoms with Crippen molar-refractivity contribution in [1.29, 1.82) is 0 Å². The van der Waals surface area contributed by atoms with Gasteiger partial charge in [-0.1, -0.05) is 36.4 Å². The average molecular weight is 415 g/mol. The van der Waals surface area contributed by atoms with Crippen molar-refractivity contribution >= 4 is 28.8 Å². The smallest absolute Gasteiger partial charge is 0.298 e. The molecule has 0 saturated heterocycles. The molecule has 1 aliphatic rings. The van der Waals surface area contributed by atoms with Gasteiger partial charge in [0, 0.05) is 13.1 Å². The number of anilines is 1. The van der Waals surface area contributed by atoms with Gasteiger partial charge in [0.25, 0.3) is 11.8 Å². The second-order valence-corrected chi connectivity index (χ2v) is 7.66. The van der Waals surface area contributed by atoms with Crippen molar-refractivity contribution in [3.8, 4) is 16.4 Å². The summed E-state index contributed by atoms with van der Waals surface area (Å²) in [6.45, 7) is 0.701. The topological polar surface area (TPSA) is 80.1 Å². The van der Waals surface area contributed by atoms with Crippen molar-refractivity contribution in [1.82, 2.24) is 20.1 Å². The van der Waals surface area contributed by atoms with E-state index < -0.39 is 0 Å². The number of rotatable bonds is 3. The van der Waals surface area contributed by atoms with E-state index in [0.29, 0.717) is 30.2 Å². The molecule has 0 spiro atoms. The molecule has 0 fully saturated rings. The minimum Gasteiger partial charge on any atom is -0.350 e. The van der Waals surface area contributed by atoms with Crippen LogP contribution in [0, 0.1) is 0 Å². The van der Waals surface area contributed by atoms with Crippen LogP contribution >= 0.6 is 11.3 Å². The number of benzene rings is 2. The standard InChI is InChI=1S/C22H17N5O2S/c28-21-16-9-4-5-10-17(16)26(13-12-23-21)22(29)19-24-20(18-11-6-14-30-18)27(25-19)15-7-2-1-3-8-15/h1-11,14H,12-13H2,(H,23,28). The molecule has 0 bridgehead atoms. The highest BCUT2D eigenvalue weighted by Gasteiger charge is 2.29. The second kappa shape index (κ2) is 7.57. The van der Waals surface area contributed by atoms with Crippen LogP contribution in [0.15, 0.2) is 72.1 Å². The molecule has 8 heteroatoms. The van der Waals surface area contributed by atoms with Crippen molar-refractivity contribution in [3.05, 3.63) is 83.5 Å². The summed E-state index contributed by atoms with van der Waals surface area (Å²) in [6, 6.07) is 20.6. The second-order valence-electron chi connectivity index (χ2n) is 6.71. The molecular formula is C22H17N5O2S. The fraction of sp³-hybridized carbons (Fsp3) is 0.0909. The van der Waals surface area contributed by atoms with Crippen molar-refractivity contribution < 1.29 is 9.59 Å². The van der Waals surface area contributed by atoms with Crippen LogP contribution in [0.25, 0.3) is 16.4 Å². The molecule has 0 atom stereocenters. The van der Waals surface area contributed by atoms with Crippen molar-refractivity contribution in [3.63, 3.8) is 0 Å². The molecule has 7 nitrogen and oxygen atoms in total. The summed E-state index contributed by atoms with van der Waals surface area (Å²) in [7, 11) is 0. The summed E-state index contributed by atoms with van der Waals surface area (Å²) in [5.41, 5.74) is 1.84. The molecule has 3 heterocycles. The molecule has 0 aliphatic carbocycles. The van der Waals surface area contributed by atoms with Gasteiger partial charge in [0.1, 0.15) is 0 Å². The number of carbonyl (C=O) groups is 2. The minimum atomic E-state index is -0.341. The third-order valence-electron chi connectivity index (χ3n) is 4.85. The van der Waals surface area contributed by atoms with E-state index in [1.54, 1.807) is 27.8 Å². The van der Waals surface area contributed by atoms with Gasteiger partial charge in [0.05, 0.1) is 21.8 Å². The molecule has 4 aromatic rings. The lowest BCUT2D eigenvalue weighted by molar-refractivity contribution is 0.0952. The molecular weight excluding hydrogens is 398 g/mol. The first-order valence-corrected chi connectivity index (χ1v) is 10.4. The number of nitrogens with zero attached hydrogens (tertiary/aromatic N) is 4. The molecule has 30 heavy (non-hydrogen) atoms. The van der Waals surface area contributed by atoms with Crippen LogP contribution in [0.2, 0.25) is 0 Å². The number of nitrogens with one attached hydrogen (secondary N) is 1. The van der Waals surface area contributed by atoms with E-state index in [-0.39, 0.29) is 17.6 Å². The summed E-state index contributed by atoms with van der Waals surface area (Å²) < 4.78 is 1.69. The van der Waals surface area contributed by atoms with Gasteiger partial charge in [-0.05, 0) is 35.7 Å². The van der Waals surface area contributed by atoms with E-state index in [1.807, 2.05) is 53.9 Å². The Morgan fingerprint density at radius 3 is 2.60 bits per heavy atom. The van der Waals surface area contributed by atoms with E-state index in [4.69, 9.17) is 0 Å². The lowest BCUT2D eigenvalue weighted by Crippen LogP contribution is -2.35. The zero-order valence-corrected chi connectivity index (χ0v) is 16.7. The van der Waals surface area contributed by atoms with Gasteiger partial charge in [-0.25, -0.2) is 9.67 Å². The van der Waals surface area contributed by atoms with Crippen LogP contribution in [-0.2, 0) is 0 Å². The molecule has 1 aliphatic heterocycles. The number of fused-ring (bicyclic) bond motifs is 1. The maximum atomic E-state index is 13.4. The van der Waals surface area contributed by atoms with E-state index in [9.17, 15) is 9.59 Å². The fourth-order valence-electron chi connectivity index (χ4n) is 3.45. The number of hydrogen-bond acceptors (Lipinski definition) is 5. The molecule has 0 unspecified atom stereocenters. The molecule has 0 saturated carbocycles. The quantitative estimate of drug-likeness (QED) is 0.556. The van der Waals surface area contributed by atoms with Gasteiger partial charge < -0.3 is 10.2 Å². The maximum absolute atomic E-state index is 13.4. The summed E-state index contributed by atoms with van der Waals surface area (Å²) in [5.74, 6) is 0.164. The largest absolute Gasteiger partial charge is 0.350 e. The first-order chi connectivity index (χ1) is 14.7. The lowest BCUT2D eigenvalue weighted by atomic mass is 10.1. The highest BCUT2D eigenvalue weighted by atomic mass is 32.1. The van der Waals surface area contributed by atoms with Gasteiger partial charge in [-0.2, -0.15) is 0 Å². The normalized spacial score (nSPS) is 13.5. The first kappa shape index (κ1) is 18.3. The van der Waals surface area contributed by atoms with E-state index in [2.05, 4.69) is 15.4 Å². The van der Waals surface area contributed by atoms with Crippen LogP contribution < -0.4 is 10.2 Å². The van der Waals surface area contributed by atoms with E-state index in [0.717, 1.165) is 10.6 Å². The Morgan fingerprint density at radius 1 is 1.00 bits per heavy atom. The molecule has 1 N–H and O–H groups in total. The van der Waals surface area contributed by atoms with Crippen LogP contribution in [0.1, 0.15) is 21.0 Å². The zero-order valence-electron chi connectivity index (χ0n) is 15.9. The Kier molecular flexibility index (Phi) is 4.61. The van der Waals surface area contributed by atoms with Crippen LogP contribution in [0.4, 0.5) is 5.69 Å². The summed E-state index contributed by atoms with van der Waals surface area (Å²) in [6.07, 6.45) is 0. The van der Waals surface area contributed by atoms with Gasteiger partial charge in [-0.3, -0.25) is 9.59 Å². The molecule has 2 amide bonds. The van der Waals surface area contributed by atoms with Gasteiger partial charge in [0.2, 0.25) is 5.82 Å². The summed E-state index contributed by atoms with van der Waals surface area (Å²) >= 11 is 1.53. The molecule has 2 aromatic heterocycles. The van der Waals surface area contributed by atoms with Gasteiger partial charge in [-0.15, -0.1) is 16.4 Å². The number of carbonyl (C=O) groups excluding carboxylic acids is 2. The zero-order chi connectivity index (χ0) is 20.5. The Bertz CT molecular complexity index is 1220. The number of amides is 2. The molecule has 2 aromatic carbocycles. The SMILES string of the molecule is O=C1NCCN(C(=O)c2nc(-c3cccs3)n(-c3ccccc3)n2)c2ccccc21. The Morgan fingerprint density at radius 2 is 1.80 bits per heavy atom. The van der Waals surface area contributed by atoms with Crippen molar-refractivity contribution in [2.75, 3.05) is 18.0 Å². The van der Waals surface area contributed by atoms with Crippen LogP contribution in [-0.4, -0.2) is 39.7 Å². The third kappa shape index (κ3) is 3.17. The highest BCUT2D eigenvalue weighted by Crippen LogP contribution is 2.27. The monoisotopic (exact) mass is 415 g/mol. The van der Waals surface area contributed by atoms with Crippen LogP contribution in [0.5, 0.6) is 0 Å². The Balaban J connectivity index is 1.60. The minimum absolute atomic E-state index is 0.0893. The molecule has 5 rings (SSSR count). The van der Waals surface area contributed by atoms with Gasteiger partial charge >= 0.3 is 0 Å². The fourth-order valence-corrected chi connectivity index (χ4v) is 4.15. The van der Waals surface area contributed by atoms with Crippen molar-refractivity contribution in [2.24, 2.45) is 0 Å². The third-order valence-corrected chi connectivity index (χ3v) is 5.71. The predicted octanol–water partition coefficient (Wildman–Crippen LogP) is 3.39.